The Bertz CT molecular complexity index is 415. The molecule has 3 nitrogen and oxygen atoms in total. The molecule has 0 fully saturated rings. The van der Waals surface area contributed by atoms with Gasteiger partial charge in [0.2, 0.25) is 5.88 Å². The molecule has 0 aliphatic carbocycles. The third-order valence-electron chi connectivity index (χ3n) is 2.10. The minimum atomic E-state index is -4.23. The van der Waals surface area contributed by atoms with Crippen LogP contribution in [-0.2, 0) is 0 Å². The summed E-state index contributed by atoms with van der Waals surface area (Å²) in [5.74, 6) is -4.62. The van der Waals surface area contributed by atoms with Gasteiger partial charge < -0.3 is 4.74 Å². The van der Waals surface area contributed by atoms with E-state index in [2.05, 4.69) is 14.7 Å². The second-order valence-electron chi connectivity index (χ2n) is 3.89. The van der Waals surface area contributed by atoms with Crippen LogP contribution in [0.1, 0.15) is 25.3 Å². The number of hydrogen-bond donors (Lipinski definition) is 0. The number of ether oxygens (including phenoxy) is 1. The molecule has 8 heteroatoms. The highest BCUT2D eigenvalue weighted by Crippen LogP contribution is 2.31. The van der Waals surface area contributed by atoms with E-state index in [1.165, 1.54) is 0 Å². The monoisotopic (exact) mass is 286 g/mol. The molecule has 1 heterocycles. The molecule has 0 atom stereocenters. The van der Waals surface area contributed by atoms with E-state index in [0.717, 1.165) is 6.33 Å². The molecule has 0 unspecified atom stereocenters. The third kappa shape index (κ3) is 3.44. The fourth-order valence-electron chi connectivity index (χ4n) is 1.19. The first-order valence-electron chi connectivity index (χ1n) is 5.05. The van der Waals surface area contributed by atoms with Gasteiger partial charge in [-0.3, -0.25) is 0 Å². The summed E-state index contributed by atoms with van der Waals surface area (Å²) in [6.45, 7) is 1.99. The molecule has 1 aromatic rings. The summed E-state index contributed by atoms with van der Waals surface area (Å²) in [5.41, 5.74) is 0.309. The predicted molar refractivity (Wildman–Crippen MR) is 57.6 cm³/mol. The van der Waals surface area contributed by atoms with E-state index in [9.17, 15) is 17.6 Å². The molecule has 0 saturated heterocycles. The van der Waals surface area contributed by atoms with E-state index in [-0.39, 0.29) is 17.0 Å². The number of hydrogen-bond acceptors (Lipinski definition) is 3. The molecule has 18 heavy (non-hydrogen) atoms. The van der Waals surface area contributed by atoms with Crippen LogP contribution in [0.2, 0.25) is 5.15 Å². The first-order chi connectivity index (χ1) is 8.25. The van der Waals surface area contributed by atoms with Gasteiger partial charge in [0.05, 0.1) is 5.56 Å². The smallest absolute Gasteiger partial charge is 0.340 e. The molecule has 0 saturated carbocycles. The number of halogens is 5. The maximum atomic E-state index is 12.7. The SMILES string of the molecule is CC(C)c1c(Cl)ncnc1OCC(F)(F)C(F)F. The van der Waals surface area contributed by atoms with Crippen LogP contribution in [0, 0.1) is 0 Å². The normalized spacial score (nSPS) is 12.3. The number of rotatable bonds is 5. The lowest BCUT2D eigenvalue weighted by Crippen LogP contribution is -2.34. The number of nitrogens with zero attached hydrogens (tertiary/aromatic N) is 2. The molecule has 0 N–H and O–H groups in total. The van der Waals surface area contributed by atoms with E-state index in [0.29, 0.717) is 5.56 Å². The van der Waals surface area contributed by atoms with Crippen molar-refractivity contribution < 1.29 is 22.3 Å². The van der Waals surface area contributed by atoms with Gasteiger partial charge in [0.1, 0.15) is 11.5 Å². The van der Waals surface area contributed by atoms with E-state index >= 15 is 0 Å². The molecule has 0 spiro atoms. The summed E-state index contributed by atoms with van der Waals surface area (Å²) < 4.78 is 54.0. The maximum Gasteiger partial charge on any atom is 0.340 e. The van der Waals surface area contributed by atoms with Crippen molar-refractivity contribution in [2.75, 3.05) is 6.61 Å². The van der Waals surface area contributed by atoms with Crippen molar-refractivity contribution in [1.29, 1.82) is 0 Å². The Balaban J connectivity index is 2.89. The van der Waals surface area contributed by atoms with Gasteiger partial charge in [-0.05, 0) is 5.92 Å². The van der Waals surface area contributed by atoms with Crippen molar-refractivity contribution in [3.63, 3.8) is 0 Å². The topological polar surface area (TPSA) is 35.0 Å². The van der Waals surface area contributed by atoms with Gasteiger partial charge in [0, 0.05) is 0 Å². The summed E-state index contributed by atoms with van der Waals surface area (Å²) in [5, 5.41) is 0.0513. The minimum absolute atomic E-state index is 0.0513. The van der Waals surface area contributed by atoms with Crippen molar-refractivity contribution in [1.82, 2.24) is 9.97 Å². The summed E-state index contributed by atoms with van der Waals surface area (Å²) in [7, 11) is 0. The lowest BCUT2D eigenvalue weighted by Gasteiger charge is -2.18. The quantitative estimate of drug-likeness (QED) is 0.613. The Morgan fingerprint density at radius 2 is 1.94 bits per heavy atom. The van der Waals surface area contributed by atoms with Gasteiger partial charge >= 0.3 is 12.3 Å². The second-order valence-corrected chi connectivity index (χ2v) is 4.25. The summed E-state index contributed by atoms with van der Waals surface area (Å²) in [6.07, 6.45) is -2.78. The Hall–Kier alpha value is -1.11. The summed E-state index contributed by atoms with van der Waals surface area (Å²) in [4.78, 5) is 7.31. The lowest BCUT2D eigenvalue weighted by atomic mass is 10.1. The molecule has 1 aromatic heterocycles. The lowest BCUT2D eigenvalue weighted by molar-refractivity contribution is -0.148. The van der Waals surface area contributed by atoms with Gasteiger partial charge in [-0.1, -0.05) is 25.4 Å². The highest BCUT2D eigenvalue weighted by Gasteiger charge is 2.42. The Kier molecular flexibility index (Phi) is 4.72. The Labute approximate surface area is 106 Å². The van der Waals surface area contributed by atoms with E-state index < -0.39 is 19.0 Å². The van der Waals surface area contributed by atoms with Crippen molar-refractivity contribution in [3.05, 3.63) is 17.0 Å². The van der Waals surface area contributed by atoms with Crippen LogP contribution >= 0.6 is 11.6 Å². The fourth-order valence-corrected chi connectivity index (χ4v) is 1.53. The maximum absolute atomic E-state index is 12.7. The summed E-state index contributed by atoms with van der Waals surface area (Å²) in [6, 6.07) is 0. The molecular formula is C10H11ClF4N2O. The second kappa shape index (κ2) is 5.69. The van der Waals surface area contributed by atoms with Gasteiger partial charge in [-0.25, -0.2) is 18.7 Å². The summed E-state index contributed by atoms with van der Waals surface area (Å²) >= 11 is 5.77. The van der Waals surface area contributed by atoms with Crippen molar-refractivity contribution in [2.24, 2.45) is 0 Å². The molecule has 0 aliphatic heterocycles. The number of alkyl halides is 4. The molecule has 0 bridgehead atoms. The highest BCUT2D eigenvalue weighted by atomic mass is 35.5. The fraction of sp³-hybridized carbons (Fsp3) is 0.600. The van der Waals surface area contributed by atoms with Crippen LogP contribution in [-0.4, -0.2) is 28.9 Å². The van der Waals surface area contributed by atoms with Crippen LogP contribution < -0.4 is 4.74 Å². The third-order valence-corrected chi connectivity index (χ3v) is 2.40. The van der Waals surface area contributed by atoms with Crippen LogP contribution in [0.25, 0.3) is 0 Å². The van der Waals surface area contributed by atoms with Crippen molar-refractivity contribution in [3.8, 4) is 5.88 Å². The van der Waals surface area contributed by atoms with Gasteiger partial charge in [-0.2, -0.15) is 8.78 Å². The molecule has 0 aliphatic rings. The van der Waals surface area contributed by atoms with Crippen molar-refractivity contribution in [2.45, 2.75) is 32.1 Å². The zero-order valence-corrected chi connectivity index (χ0v) is 10.4. The van der Waals surface area contributed by atoms with Crippen LogP contribution in [0.15, 0.2) is 6.33 Å². The van der Waals surface area contributed by atoms with Crippen LogP contribution in [0.4, 0.5) is 17.6 Å². The highest BCUT2D eigenvalue weighted by molar-refractivity contribution is 6.30. The van der Waals surface area contributed by atoms with Gasteiger partial charge in [-0.15, -0.1) is 0 Å². The zero-order chi connectivity index (χ0) is 13.9. The molecule has 0 amide bonds. The average molecular weight is 287 g/mol. The first-order valence-corrected chi connectivity index (χ1v) is 5.42. The van der Waals surface area contributed by atoms with Crippen molar-refractivity contribution >= 4 is 11.6 Å². The van der Waals surface area contributed by atoms with Gasteiger partial charge in [0.25, 0.3) is 0 Å². The van der Waals surface area contributed by atoms with Gasteiger partial charge in [0.15, 0.2) is 6.61 Å². The minimum Gasteiger partial charge on any atom is -0.471 e. The average Bonchev–Trinajstić information content (AvgIpc) is 2.25. The standard InChI is InChI=1S/C10H11ClF4N2O/c1-5(2)6-7(11)16-4-17-8(6)18-3-10(14,15)9(12)13/h4-5,9H,3H2,1-2H3. The van der Waals surface area contributed by atoms with E-state index in [4.69, 9.17) is 11.6 Å². The predicted octanol–water partition coefficient (Wildman–Crippen LogP) is 3.53. The first kappa shape index (κ1) is 14.9. The molecule has 1 rings (SSSR count). The number of aromatic nitrogens is 2. The zero-order valence-electron chi connectivity index (χ0n) is 9.63. The largest absolute Gasteiger partial charge is 0.471 e. The van der Waals surface area contributed by atoms with Crippen LogP contribution in [0.5, 0.6) is 5.88 Å². The van der Waals surface area contributed by atoms with E-state index in [1.54, 1.807) is 13.8 Å². The van der Waals surface area contributed by atoms with Crippen LogP contribution in [0.3, 0.4) is 0 Å². The molecule has 102 valence electrons. The Morgan fingerprint density at radius 1 is 1.33 bits per heavy atom. The molecule has 0 radical (unpaired) electrons. The van der Waals surface area contributed by atoms with E-state index in [1.807, 2.05) is 0 Å². The Morgan fingerprint density at radius 3 is 2.44 bits per heavy atom. The molecule has 0 aromatic carbocycles. The molecular weight excluding hydrogens is 276 g/mol.